The number of carboxylic acid groups (broad SMARTS) is 1. The predicted molar refractivity (Wildman–Crippen MR) is 82.4 cm³/mol. The van der Waals surface area contributed by atoms with Crippen molar-refractivity contribution in [2.75, 3.05) is 0 Å². The van der Waals surface area contributed by atoms with Crippen molar-refractivity contribution in [3.8, 4) is 0 Å². The van der Waals surface area contributed by atoms with E-state index in [0.29, 0.717) is 5.56 Å². The molecule has 0 heterocycles. The maximum absolute atomic E-state index is 10.7. The van der Waals surface area contributed by atoms with Crippen molar-refractivity contribution >= 4 is 25.7 Å². The van der Waals surface area contributed by atoms with Gasteiger partial charge >= 0.3 is 5.97 Å². The van der Waals surface area contributed by atoms with Crippen LogP contribution in [0.4, 0.5) is 0 Å². The fourth-order valence-electron chi connectivity index (χ4n) is 1.48. The lowest BCUT2D eigenvalue weighted by Crippen LogP contribution is -1.95. The second-order valence-electron chi connectivity index (χ2n) is 4.43. The summed E-state index contributed by atoms with van der Waals surface area (Å²) in [5, 5.41) is 8.51. The third-order valence-corrected chi connectivity index (χ3v) is 3.94. The van der Waals surface area contributed by atoms with Crippen molar-refractivity contribution < 1.29 is 18.3 Å². The van der Waals surface area contributed by atoms with Crippen molar-refractivity contribution in [2.45, 2.75) is 18.7 Å². The zero-order chi connectivity index (χ0) is 16.0. The first kappa shape index (κ1) is 17.2. The molecule has 4 nitrogen and oxygen atoms in total. The highest BCUT2D eigenvalue weighted by Crippen LogP contribution is 2.14. The number of aryl methyl sites for hydroxylation is 2. The van der Waals surface area contributed by atoms with Crippen LogP contribution >= 0.6 is 10.7 Å². The quantitative estimate of drug-likeness (QED) is 0.856. The van der Waals surface area contributed by atoms with Crippen LogP contribution in [0.15, 0.2) is 53.4 Å². The molecular weight excluding hydrogens is 312 g/mol. The Morgan fingerprint density at radius 2 is 1.57 bits per heavy atom. The fourth-order valence-corrected chi connectivity index (χ4v) is 2.25. The van der Waals surface area contributed by atoms with E-state index in [1.54, 1.807) is 30.3 Å². The summed E-state index contributed by atoms with van der Waals surface area (Å²) in [6.45, 7) is 3.75. The predicted octanol–water partition coefficient (Wildman–Crippen LogP) is 3.62. The normalized spacial score (nSPS) is 10.4. The number of carbonyl (C=O) groups is 1. The number of aromatic carboxylic acids is 1. The standard InChI is InChI=1S/C8H8O2.C7H7ClO2S/c1-6-3-2-4-7(5-6)8(9)10;1-6-2-4-7(5-3-6)11(8,9)10/h2-5H,1H3,(H,9,10);2-5H,1H3. The van der Waals surface area contributed by atoms with Crippen LogP contribution in [0.25, 0.3) is 0 Å². The molecule has 0 aromatic heterocycles. The molecule has 0 bridgehead atoms. The molecule has 1 N–H and O–H groups in total. The molecule has 0 fully saturated rings. The Balaban J connectivity index is 0.000000211. The van der Waals surface area contributed by atoms with Gasteiger partial charge in [-0.25, -0.2) is 13.2 Å². The van der Waals surface area contributed by atoms with Gasteiger partial charge in [0.25, 0.3) is 9.05 Å². The second-order valence-corrected chi connectivity index (χ2v) is 6.99. The summed E-state index contributed by atoms with van der Waals surface area (Å²) in [6, 6.07) is 13.2. The second kappa shape index (κ2) is 7.24. The van der Waals surface area contributed by atoms with E-state index in [4.69, 9.17) is 15.8 Å². The Labute approximate surface area is 128 Å². The minimum atomic E-state index is -3.55. The largest absolute Gasteiger partial charge is 0.478 e. The Kier molecular flexibility index (Phi) is 5.93. The van der Waals surface area contributed by atoms with Crippen LogP contribution in [0.5, 0.6) is 0 Å². The van der Waals surface area contributed by atoms with E-state index in [1.165, 1.54) is 12.1 Å². The van der Waals surface area contributed by atoms with Gasteiger partial charge in [0.15, 0.2) is 0 Å². The summed E-state index contributed by atoms with van der Waals surface area (Å²) in [5.74, 6) is -0.872. The maximum Gasteiger partial charge on any atom is 0.335 e. The van der Waals surface area contributed by atoms with Crippen LogP contribution in [0.3, 0.4) is 0 Å². The van der Waals surface area contributed by atoms with E-state index < -0.39 is 15.0 Å². The lowest BCUT2D eigenvalue weighted by Gasteiger charge is -1.94. The first-order valence-corrected chi connectivity index (χ1v) is 8.32. The van der Waals surface area contributed by atoms with Crippen LogP contribution in [-0.2, 0) is 9.05 Å². The smallest absolute Gasteiger partial charge is 0.335 e. The van der Waals surface area contributed by atoms with Gasteiger partial charge in [0.1, 0.15) is 0 Å². The molecule has 2 aromatic rings. The average Bonchev–Trinajstić information content (AvgIpc) is 2.39. The highest BCUT2D eigenvalue weighted by atomic mass is 35.7. The van der Waals surface area contributed by atoms with E-state index in [0.717, 1.165) is 11.1 Å². The van der Waals surface area contributed by atoms with Gasteiger partial charge in [-0.2, -0.15) is 0 Å². The molecule has 0 amide bonds. The lowest BCUT2D eigenvalue weighted by molar-refractivity contribution is 0.0696. The first-order valence-electron chi connectivity index (χ1n) is 6.01. The molecule has 21 heavy (non-hydrogen) atoms. The Morgan fingerprint density at radius 1 is 1.00 bits per heavy atom. The van der Waals surface area contributed by atoms with Crippen LogP contribution in [0, 0.1) is 13.8 Å². The Bertz CT molecular complexity index is 722. The van der Waals surface area contributed by atoms with Gasteiger partial charge in [0.2, 0.25) is 0 Å². The van der Waals surface area contributed by atoms with Gasteiger partial charge in [-0.15, -0.1) is 0 Å². The number of carboxylic acids is 1. The van der Waals surface area contributed by atoms with Gasteiger partial charge in [0.05, 0.1) is 10.5 Å². The van der Waals surface area contributed by atoms with Crippen molar-refractivity contribution in [3.63, 3.8) is 0 Å². The molecule has 0 saturated carbocycles. The molecule has 2 rings (SSSR count). The number of hydrogen-bond donors (Lipinski definition) is 1. The Hall–Kier alpha value is -1.85. The van der Waals surface area contributed by atoms with Crippen molar-refractivity contribution in [3.05, 3.63) is 65.2 Å². The summed E-state index contributed by atoms with van der Waals surface area (Å²) >= 11 is 0. The van der Waals surface area contributed by atoms with Crippen LogP contribution in [-0.4, -0.2) is 19.5 Å². The lowest BCUT2D eigenvalue weighted by atomic mass is 10.1. The molecule has 2 aromatic carbocycles. The molecule has 0 aliphatic rings. The number of hydrogen-bond acceptors (Lipinski definition) is 3. The third kappa shape index (κ3) is 5.97. The van der Waals surface area contributed by atoms with E-state index in [9.17, 15) is 13.2 Å². The molecule has 0 aliphatic heterocycles. The van der Waals surface area contributed by atoms with Crippen molar-refractivity contribution in [1.82, 2.24) is 0 Å². The molecule has 0 aliphatic carbocycles. The summed E-state index contributed by atoms with van der Waals surface area (Å²) in [7, 11) is 1.54. The number of rotatable bonds is 2. The first-order chi connectivity index (χ1) is 9.70. The SMILES string of the molecule is Cc1ccc(S(=O)(=O)Cl)cc1.Cc1cccc(C(=O)O)c1. The summed E-state index contributed by atoms with van der Waals surface area (Å²) in [6.07, 6.45) is 0. The van der Waals surface area contributed by atoms with Gasteiger partial charge in [-0.05, 0) is 38.1 Å². The monoisotopic (exact) mass is 326 g/mol. The Morgan fingerprint density at radius 3 is 1.95 bits per heavy atom. The molecule has 0 spiro atoms. The topological polar surface area (TPSA) is 71.4 Å². The van der Waals surface area contributed by atoms with E-state index >= 15 is 0 Å². The number of benzene rings is 2. The van der Waals surface area contributed by atoms with Crippen molar-refractivity contribution in [2.24, 2.45) is 0 Å². The molecule has 0 unspecified atom stereocenters. The molecule has 0 saturated heterocycles. The zero-order valence-corrected chi connectivity index (χ0v) is 13.1. The minimum Gasteiger partial charge on any atom is -0.478 e. The molecule has 6 heteroatoms. The molecule has 0 radical (unpaired) electrons. The fraction of sp³-hybridized carbons (Fsp3) is 0.133. The highest BCUT2D eigenvalue weighted by molar-refractivity contribution is 8.13. The summed E-state index contributed by atoms with van der Waals surface area (Å²) < 4.78 is 21.4. The number of halogens is 1. The minimum absolute atomic E-state index is 0.143. The van der Waals surface area contributed by atoms with Crippen LogP contribution < -0.4 is 0 Å². The van der Waals surface area contributed by atoms with Gasteiger partial charge in [0, 0.05) is 10.7 Å². The molecule has 112 valence electrons. The van der Waals surface area contributed by atoms with Gasteiger partial charge in [-0.1, -0.05) is 35.4 Å². The zero-order valence-electron chi connectivity index (χ0n) is 11.6. The van der Waals surface area contributed by atoms with Gasteiger partial charge in [-0.3, -0.25) is 0 Å². The average molecular weight is 327 g/mol. The molecular formula is C15H15ClO4S. The van der Waals surface area contributed by atoms with E-state index in [-0.39, 0.29) is 4.90 Å². The third-order valence-electron chi connectivity index (χ3n) is 2.57. The van der Waals surface area contributed by atoms with E-state index in [1.807, 2.05) is 19.9 Å². The van der Waals surface area contributed by atoms with Crippen LogP contribution in [0.2, 0.25) is 0 Å². The summed E-state index contributed by atoms with van der Waals surface area (Å²) in [5.41, 5.74) is 2.33. The van der Waals surface area contributed by atoms with Crippen molar-refractivity contribution in [1.29, 1.82) is 0 Å². The highest BCUT2D eigenvalue weighted by Gasteiger charge is 2.07. The maximum atomic E-state index is 10.7. The van der Waals surface area contributed by atoms with Gasteiger partial charge < -0.3 is 5.11 Å². The summed E-state index contributed by atoms with van der Waals surface area (Å²) in [4.78, 5) is 10.5. The van der Waals surface area contributed by atoms with E-state index in [2.05, 4.69) is 0 Å². The van der Waals surface area contributed by atoms with Crippen LogP contribution in [0.1, 0.15) is 21.5 Å². The molecule has 0 atom stereocenters.